The lowest BCUT2D eigenvalue weighted by Gasteiger charge is -2.08. The van der Waals surface area contributed by atoms with E-state index in [-0.39, 0.29) is 30.1 Å². The summed E-state index contributed by atoms with van der Waals surface area (Å²) in [7, 11) is 0. The van der Waals surface area contributed by atoms with Gasteiger partial charge in [0, 0.05) is 23.8 Å². The number of aromatic nitrogens is 1. The minimum absolute atomic E-state index is 0. The van der Waals surface area contributed by atoms with Gasteiger partial charge in [-0.05, 0) is 39.2 Å². The summed E-state index contributed by atoms with van der Waals surface area (Å²) in [6.07, 6.45) is 2.33. The van der Waals surface area contributed by atoms with E-state index >= 15 is 0 Å². The molecule has 1 heterocycles. The molecule has 0 aliphatic rings. The molecule has 0 aliphatic carbocycles. The molecule has 120 valence electrons. The van der Waals surface area contributed by atoms with Crippen molar-refractivity contribution in [1.29, 1.82) is 0 Å². The van der Waals surface area contributed by atoms with E-state index in [0.717, 1.165) is 30.5 Å². The Morgan fingerprint density at radius 3 is 2.48 bits per heavy atom. The molecular weight excluding hydrogens is 290 g/mol. The molecule has 6 heteroatoms. The number of amides is 1. The lowest BCUT2D eigenvalue weighted by atomic mass is 10.0. The highest BCUT2D eigenvalue weighted by molar-refractivity contribution is 6.02. The van der Waals surface area contributed by atoms with E-state index in [0.29, 0.717) is 17.8 Å². The second-order valence-corrected chi connectivity index (χ2v) is 5.31. The van der Waals surface area contributed by atoms with Crippen LogP contribution >= 0.6 is 12.4 Å². The Kier molecular flexibility index (Phi) is 8.29. The van der Waals surface area contributed by atoms with Crippen molar-refractivity contribution < 1.29 is 9.59 Å². The zero-order chi connectivity index (χ0) is 15.3. The van der Waals surface area contributed by atoms with Crippen molar-refractivity contribution in [3.8, 4) is 0 Å². The largest absolute Gasteiger partial charge is 0.354 e. The van der Waals surface area contributed by atoms with Crippen molar-refractivity contribution in [2.24, 2.45) is 5.73 Å². The average Bonchev–Trinajstić information content (AvgIpc) is 2.66. The number of carbonyl (C=O) groups excluding carboxylic acids is 2. The maximum Gasteiger partial charge on any atom is 0.268 e. The van der Waals surface area contributed by atoms with Gasteiger partial charge in [-0.1, -0.05) is 13.3 Å². The molecule has 1 atom stereocenters. The fourth-order valence-corrected chi connectivity index (χ4v) is 2.35. The van der Waals surface area contributed by atoms with Gasteiger partial charge < -0.3 is 16.0 Å². The van der Waals surface area contributed by atoms with E-state index in [9.17, 15) is 9.59 Å². The van der Waals surface area contributed by atoms with Gasteiger partial charge in [-0.15, -0.1) is 12.4 Å². The van der Waals surface area contributed by atoms with E-state index in [1.165, 1.54) is 6.92 Å². The number of Topliss-reactive ketones (excluding diaryl/α,β-unsaturated/α-hetero) is 1. The van der Waals surface area contributed by atoms with Crippen molar-refractivity contribution in [1.82, 2.24) is 10.3 Å². The Labute approximate surface area is 132 Å². The van der Waals surface area contributed by atoms with Crippen LogP contribution in [0, 0.1) is 6.92 Å². The second-order valence-electron chi connectivity index (χ2n) is 5.31. The molecule has 0 saturated heterocycles. The highest BCUT2D eigenvalue weighted by atomic mass is 35.5. The van der Waals surface area contributed by atoms with Crippen LogP contribution in [-0.4, -0.2) is 29.3 Å². The smallest absolute Gasteiger partial charge is 0.268 e. The normalized spacial score (nSPS) is 11.7. The number of H-pyrrole nitrogens is 1. The molecule has 0 aliphatic heterocycles. The standard InChI is InChI=1S/C15H25N3O2.ClH/c1-5-6-12-13(11(4)19)10(3)18-14(12)15(20)17-8-7-9(2)16;/h9,18H,5-8,16H2,1-4H3,(H,17,20);1H. The van der Waals surface area contributed by atoms with Crippen molar-refractivity contribution in [2.75, 3.05) is 6.54 Å². The highest BCUT2D eigenvalue weighted by Crippen LogP contribution is 2.21. The first-order valence-corrected chi connectivity index (χ1v) is 7.14. The molecule has 1 rings (SSSR count). The molecule has 1 unspecified atom stereocenters. The monoisotopic (exact) mass is 315 g/mol. The first-order chi connectivity index (χ1) is 9.38. The van der Waals surface area contributed by atoms with E-state index < -0.39 is 0 Å². The molecular formula is C15H26ClN3O2. The third-order valence-corrected chi connectivity index (χ3v) is 3.26. The Balaban J connectivity index is 0.00000400. The van der Waals surface area contributed by atoms with Crippen LogP contribution < -0.4 is 11.1 Å². The van der Waals surface area contributed by atoms with Gasteiger partial charge in [0.15, 0.2) is 5.78 Å². The van der Waals surface area contributed by atoms with Crippen LogP contribution in [0.4, 0.5) is 0 Å². The number of aryl methyl sites for hydroxylation is 1. The first kappa shape index (κ1) is 19.7. The number of nitrogens with two attached hydrogens (primary N) is 1. The maximum atomic E-state index is 12.2. The Morgan fingerprint density at radius 1 is 1.38 bits per heavy atom. The van der Waals surface area contributed by atoms with E-state index in [1.807, 2.05) is 20.8 Å². The summed E-state index contributed by atoms with van der Waals surface area (Å²) < 4.78 is 0. The van der Waals surface area contributed by atoms with Gasteiger partial charge in [0.05, 0.1) is 0 Å². The number of hydrogen-bond acceptors (Lipinski definition) is 3. The Morgan fingerprint density at radius 2 is 2.00 bits per heavy atom. The van der Waals surface area contributed by atoms with Crippen molar-refractivity contribution >= 4 is 24.1 Å². The third kappa shape index (κ3) is 5.17. The average molecular weight is 316 g/mol. The summed E-state index contributed by atoms with van der Waals surface area (Å²) >= 11 is 0. The molecule has 0 radical (unpaired) electrons. The van der Waals surface area contributed by atoms with E-state index in [4.69, 9.17) is 5.73 Å². The van der Waals surface area contributed by atoms with Crippen LogP contribution in [-0.2, 0) is 6.42 Å². The minimum atomic E-state index is -0.162. The quantitative estimate of drug-likeness (QED) is 0.675. The van der Waals surface area contributed by atoms with Crippen LogP contribution in [0.2, 0.25) is 0 Å². The van der Waals surface area contributed by atoms with Crippen molar-refractivity contribution in [3.05, 3.63) is 22.5 Å². The second kappa shape index (κ2) is 8.85. The van der Waals surface area contributed by atoms with Gasteiger partial charge in [0.2, 0.25) is 0 Å². The number of ketones is 1. The van der Waals surface area contributed by atoms with Gasteiger partial charge >= 0.3 is 0 Å². The summed E-state index contributed by atoms with van der Waals surface area (Å²) in [4.78, 5) is 27.0. The van der Waals surface area contributed by atoms with Crippen LogP contribution in [0.15, 0.2) is 0 Å². The molecule has 1 aromatic rings. The van der Waals surface area contributed by atoms with E-state index in [2.05, 4.69) is 10.3 Å². The number of hydrogen-bond donors (Lipinski definition) is 3. The van der Waals surface area contributed by atoms with Gasteiger partial charge in [-0.2, -0.15) is 0 Å². The topological polar surface area (TPSA) is 88.0 Å². The van der Waals surface area contributed by atoms with Crippen LogP contribution in [0.1, 0.15) is 65.7 Å². The van der Waals surface area contributed by atoms with Gasteiger partial charge in [0.1, 0.15) is 5.69 Å². The Hall–Kier alpha value is -1.33. The van der Waals surface area contributed by atoms with E-state index in [1.54, 1.807) is 0 Å². The summed E-state index contributed by atoms with van der Waals surface area (Å²) in [6, 6.07) is 0.0589. The molecule has 0 saturated carbocycles. The fraction of sp³-hybridized carbons (Fsp3) is 0.600. The van der Waals surface area contributed by atoms with Gasteiger partial charge in [0.25, 0.3) is 5.91 Å². The maximum absolute atomic E-state index is 12.2. The first-order valence-electron chi connectivity index (χ1n) is 7.14. The summed E-state index contributed by atoms with van der Waals surface area (Å²) in [5.74, 6) is -0.165. The fourth-order valence-electron chi connectivity index (χ4n) is 2.35. The summed E-state index contributed by atoms with van der Waals surface area (Å²) in [5.41, 5.74) is 8.42. The predicted octanol–water partition coefficient (Wildman–Crippen LogP) is 2.37. The number of halogens is 1. The molecule has 0 bridgehead atoms. The molecule has 5 nitrogen and oxygen atoms in total. The van der Waals surface area contributed by atoms with Crippen LogP contribution in [0.25, 0.3) is 0 Å². The number of aromatic amines is 1. The molecule has 0 fully saturated rings. The molecule has 4 N–H and O–H groups in total. The molecule has 1 aromatic heterocycles. The van der Waals surface area contributed by atoms with Gasteiger partial charge in [-0.25, -0.2) is 0 Å². The number of rotatable bonds is 7. The summed E-state index contributed by atoms with van der Waals surface area (Å²) in [6.45, 7) is 7.84. The van der Waals surface area contributed by atoms with Gasteiger partial charge in [-0.3, -0.25) is 9.59 Å². The summed E-state index contributed by atoms with van der Waals surface area (Å²) in [5, 5.41) is 2.85. The number of nitrogens with one attached hydrogen (secondary N) is 2. The lowest BCUT2D eigenvalue weighted by molar-refractivity contribution is 0.0947. The molecule has 0 aromatic carbocycles. The zero-order valence-corrected chi connectivity index (χ0v) is 14.0. The predicted molar refractivity (Wildman–Crippen MR) is 87.4 cm³/mol. The highest BCUT2D eigenvalue weighted by Gasteiger charge is 2.21. The van der Waals surface area contributed by atoms with Crippen LogP contribution in [0.5, 0.6) is 0 Å². The molecule has 21 heavy (non-hydrogen) atoms. The molecule has 0 spiro atoms. The SMILES string of the molecule is CCCc1c(C(=O)NCCC(C)N)[nH]c(C)c1C(C)=O.Cl. The van der Waals surface area contributed by atoms with Crippen molar-refractivity contribution in [3.63, 3.8) is 0 Å². The number of carbonyl (C=O) groups is 2. The lowest BCUT2D eigenvalue weighted by Crippen LogP contribution is -2.29. The minimum Gasteiger partial charge on any atom is -0.354 e. The third-order valence-electron chi connectivity index (χ3n) is 3.26. The molecule has 1 amide bonds. The van der Waals surface area contributed by atoms with Crippen molar-refractivity contribution in [2.45, 2.75) is 53.0 Å². The zero-order valence-electron chi connectivity index (χ0n) is 13.2. The Bertz CT molecular complexity index is 495. The van der Waals surface area contributed by atoms with Crippen LogP contribution in [0.3, 0.4) is 0 Å².